The highest BCUT2D eigenvalue weighted by molar-refractivity contribution is 6.05. The van der Waals surface area contributed by atoms with Crippen molar-refractivity contribution in [2.75, 3.05) is 49.5 Å². The zero-order chi connectivity index (χ0) is 22.8. The number of amides is 3. The Labute approximate surface area is 193 Å². The molecule has 8 heteroatoms. The Hall–Kier alpha value is -3.29. The van der Waals surface area contributed by atoms with E-state index in [9.17, 15) is 14.4 Å². The van der Waals surface area contributed by atoms with Crippen molar-refractivity contribution in [2.24, 2.45) is 5.92 Å². The lowest BCUT2D eigenvalue weighted by molar-refractivity contribution is -0.132. The summed E-state index contributed by atoms with van der Waals surface area (Å²) in [5.74, 6) is 0.367. The maximum absolute atomic E-state index is 13.5. The van der Waals surface area contributed by atoms with Crippen molar-refractivity contribution >= 4 is 29.1 Å². The highest BCUT2D eigenvalue weighted by Gasteiger charge is 2.35. The second kappa shape index (κ2) is 9.29. The van der Waals surface area contributed by atoms with Gasteiger partial charge in [-0.1, -0.05) is 0 Å². The molecule has 0 radical (unpaired) electrons. The van der Waals surface area contributed by atoms with Crippen LogP contribution in [0, 0.1) is 5.92 Å². The van der Waals surface area contributed by atoms with Gasteiger partial charge in [-0.15, -0.1) is 0 Å². The molecule has 2 saturated heterocycles. The summed E-state index contributed by atoms with van der Waals surface area (Å²) >= 11 is 0. The predicted octanol–water partition coefficient (Wildman–Crippen LogP) is 3.22. The topological polar surface area (TPSA) is 86.1 Å². The van der Waals surface area contributed by atoms with Crippen molar-refractivity contribution in [1.82, 2.24) is 9.80 Å². The number of piperidine rings is 1. The molecule has 2 aliphatic heterocycles. The Balaban J connectivity index is 1.37. The number of rotatable bonds is 5. The van der Waals surface area contributed by atoms with E-state index in [-0.39, 0.29) is 29.4 Å². The van der Waals surface area contributed by atoms with Crippen LogP contribution < -0.4 is 10.2 Å². The van der Waals surface area contributed by atoms with Crippen molar-refractivity contribution in [3.63, 3.8) is 0 Å². The van der Waals surface area contributed by atoms with Crippen LogP contribution in [0.25, 0.3) is 0 Å². The molecule has 1 aliphatic carbocycles. The van der Waals surface area contributed by atoms with Gasteiger partial charge in [-0.2, -0.15) is 0 Å². The van der Waals surface area contributed by atoms with Crippen LogP contribution in [0.5, 0.6) is 0 Å². The van der Waals surface area contributed by atoms with Crippen LogP contribution in [0.4, 0.5) is 11.4 Å². The Morgan fingerprint density at radius 3 is 2.30 bits per heavy atom. The maximum Gasteiger partial charge on any atom is 0.291 e. The van der Waals surface area contributed by atoms with E-state index in [2.05, 4.69) is 10.2 Å². The monoisotopic (exact) mass is 450 g/mol. The molecule has 5 rings (SSSR count). The van der Waals surface area contributed by atoms with Gasteiger partial charge < -0.3 is 24.4 Å². The van der Waals surface area contributed by atoms with Crippen molar-refractivity contribution in [2.45, 2.75) is 32.1 Å². The number of carbonyl (C=O) groups is 3. The van der Waals surface area contributed by atoms with E-state index in [1.807, 2.05) is 21.9 Å². The zero-order valence-electron chi connectivity index (χ0n) is 18.8. The minimum atomic E-state index is -0.351. The minimum Gasteiger partial charge on any atom is -0.459 e. The number of carbonyl (C=O) groups excluding carboxylic acids is 3. The first-order chi connectivity index (χ1) is 16.1. The lowest BCUT2D eigenvalue weighted by atomic mass is 10.1. The molecule has 3 heterocycles. The molecule has 0 atom stereocenters. The van der Waals surface area contributed by atoms with E-state index in [0.717, 1.165) is 50.9 Å². The molecule has 174 valence electrons. The summed E-state index contributed by atoms with van der Waals surface area (Å²) in [6, 6.07) is 8.77. The number of hydrogen-bond acceptors (Lipinski definition) is 5. The first kappa shape index (κ1) is 21.6. The van der Waals surface area contributed by atoms with Crippen molar-refractivity contribution in [3.05, 3.63) is 47.9 Å². The number of nitrogens with one attached hydrogen (secondary N) is 1. The molecule has 1 aromatic heterocycles. The third kappa shape index (κ3) is 4.74. The number of hydrogen-bond donors (Lipinski definition) is 1. The molecular weight excluding hydrogens is 420 g/mol. The Kier molecular flexibility index (Phi) is 6.07. The summed E-state index contributed by atoms with van der Waals surface area (Å²) in [6.07, 6.45) is 6.65. The fourth-order valence-corrected chi connectivity index (χ4v) is 4.68. The molecule has 1 aromatic carbocycles. The Morgan fingerprint density at radius 1 is 0.879 bits per heavy atom. The second-order valence-corrected chi connectivity index (χ2v) is 9.10. The molecule has 3 aliphatic rings. The molecule has 33 heavy (non-hydrogen) atoms. The number of benzene rings is 1. The fraction of sp³-hybridized carbons (Fsp3) is 0.480. The van der Waals surface area contributed by atoms with Crippen molar-refractivity contribution in [3.8, 4) is 0 Å². The van der Waals surface area contributed by atoms with Crippen LogP contribution in [0.3, 0.4) is 0 Å². The smallest absolute Gasteiger partial charge is 0.291 e. The Morgan fingerprint density at radius 2 is 1.64 bits per heavy atom. The normalized spacial score (nSPS) is 18.8. The van der Waals surface area contributed by atoms with E-state index in [0.29, 0.717) is 37.4 Å². The molecule has 1 N–H and O–H groups in total. The van der Waals surface area contributed by atoms with Gasteiger partial charge >= 0.3 is 0 Å². The molecule has 0 unspecified atom stereocenters. The van der Waals surface area contributed by atoms with Gasteiger partial charge in [0.2, 0.25) is 5.91 Å². The predicted molar refractivity (Wildman–Crippen MR) is 124 cm³/mol. The van der Waals surface area contributed by atoms with E-state index in [1.165, 1.54) is 6.26 Å². The number of furan rings is 1. The SMILES string of the molecule is O=C(Nc1ccc(N2CCN(C(=O)C3CC3)CC2)c(C(=O)N2CCCCC2)c1)c1ccco1. The first-order valence-corrected chi connectivity index (χ1v) is 11.9. The highest BCUT2D eigenvalue weighted by Crippen LogP contribution is 2.32. The maximum atomic E-state index is 13.5. The quantitative estimate of drug-likeness (QED) is 0.756. The molecule has 0 bridgehead atoms. The lowest BCUT2D eigenvalue weighted by Gasteiger charge is -2.37. The molecule has 3 fully saturated rings. The molecular formula is C25H30N4O4. The van der Waals surface area contributed by atoms with E-state index < -0.39 is 0 Å². The number of anilines is 2. The fourth-order valence-electron chi connectivity index (χ4n) is 4.68. The standard InChI is InChI=1S/C25H30N4O4/c30-23(22-5-4-16-33-22)26-19-8-9-21(20(17-19)25(32)28-10-2-1-3-11-28)27-12-14-29(15-13-27)24(31)18-6-7-18/h4-5,8-9,16-18H,1-3,6-7,10-15H2,(H,26,30). The molecule has 2 aromatic rings. The van der Waals surface area contributed by atoms with Gasteiger partial charge in [0.1, 0.15) is 0 Å². The summed E-state index contributed by atoms with van der Waals surface area (Å²) in [5, 5.41) is 2.84. The van der Waals surface area contributed by atoms with Gasteiger partial charge in [0.15, 0.2) is 5.76 Å². The summed E-state index contributed by atoms with van der Waals surface area (Å²) in [5.41, 5.74) is 2.01. The largest absolute Gasteiger partial charge is 0.459 e. The van der Waals surface area contributed by atoms with Gasteiger partial charge in [-0.3, -0.25) is 14.4 Å². The average molecular weight is 451 g/mol. The highest BCUT2D eigenvalue weighted by atomic mass is 16.3. The molecule has 1 saturated carbocycles. The molecule has 0 spiro atoms. The number of piperazine rings is 1. The Bertz CT molecular complexity index is 1020. The van der Waals surface area contributed by atoms with E-state index in [1.54, 1.807) is 18.2 Å². The zero-order valence-corrected chi connectivity index (χ0v) is 18.8. The second-order valence-electron chi connectivity index (χ2n) is 9.10. The van der Waals surface area contributed by atoms with Gasteiger partial charge in [0, 0.05) is 56.6 Å². The van der Waals surface area contributed by atoms with Gasteiger partial charge in [0.25, 0.3) is 11.8 Å². The average Bonchev–Trinajstić information content (AvgIpc) is 3.56. The summed E-state index contributed by atoms with van der Waals surface area (Å²) in [7, 11) is 0. The first-order valence-electron chi connectivity index (χ1n) is 11.9. The molecule has 3 amide bonds. The lowest BCUT2D eigenvalue weighted by Crippen LogP contribution is -2.49. The summed E-state index contributed by atoms with van der Waals surface area (Å²) in [4.78, 5) is 44.4. The van der Waals surface area contributed by atoms with Crippen LogP contribution in [0.15, 0.2) is 41.0 Å². The van der Waals surface area contributed by atoms with Gasteiger partial charge in [0.05, 0.1) is 11.8 Å². The van der Waals surface area contributed by atoms with Crippen LogP contribution in [-0.4, -0.2) is 66.8 Å². The number of nitrogens with zero attached hydrogens (tertiary/aromatic N) is 3. The van der Waals surface area contributed by atoms with Crippen molar-refractivity contribution in [1.29, 1.82) is 0 Å². The van der Waals surface area contributed by atoms with Crippen LogP contribution in [0.1, 0.15) is 53.0 Å². The van der Waals surface area contributed by atoms with Crippen LogP contribution in [-0.2, 0) is 4.79 Å². The van der Waals surface area contributed by atoms with E-state index >= 15 is 0 Å². The summed E-state index contributed by atoms with van der Waals surface area (Å²) in [6.45, 7) is 4.23. The van der Waals surface area contributed by atoms with Crippen molar-refractivity contribution < 1.29 is 18.8 Å². The van der Waals surface area contributed by atoms with Crippen LogP contribution in [0.2, 0.25) is 0 Å². The van der Waals surface area contributed by atoms with Crippen LogP contribution >= 0.6 is 0 Å². The number of likely N-dealkylation sites (tertiary alicyclic amines) is 1. The minimum absolute atomic E-state index is 0.00437. The third-order valence-corrected chi connectivity index (χ3v) is 6.73. The molecule has 8 nitrogen and oxygen atoms in total. The third-order valence-electron chi connectivity index (χ3n) is 6.73. The van der Waals surface area contributed by atoms with E-state index in [4.69, 9.17) is 4.42 Å². The van der Waals surface area contributed by atoms with Gasteiger partial charge in [-0.25, -0.2) is 0 Å². The van der Waals surface area contributed by atoms with Gasteiger partial charge in [-0.05, 0) is 62.4 Å². The summed E-state index contributed by atoms with van der Waals surface area (Å²) < 4.78 is 5.18.